The van der Waals surface area contributed by atoms with Crippen molar-refractivity contribution in [3.63, 3.8) is 0 Å². The molecule has 0 aromatic heterocycles. The van der Waals surface area contributed by atoms with Gasteiger partial charge in [0.1, 0.15) is 0 Å². The highest BCUT2D eigenvalue weighted by molar-refractivity contribution is 6.76. The summed E-state index contributed by atoms with van der Waals surface area (Å²) in [4.78, 5) is 29.2. The summed E-state index contributed by atoms with van der Waals surface area (Å²) in [5.74, 6) is 2.22. The van der Waals surface area contributed by atoms with E-state index in [4.69, 9.17) is 33.2 Å². The molecule has 7 rings (SSSR count). The molecule has 334 valence electrons. The van der Waals surface area contributed by atoms with Crippen LogP contribution < -0.4 is 18.9 Å². The van der Waals surface area contributed by atoms with E-state index < -0.39 is 8.07 Å². The summed E-state index contributed by atoms with van der Waals surface area (Å²) >= 11 is 0. The summed E-state index contributed by atoms with van der Waals surface area (Å²) in [5.41, 5.74) is 5.18. The molecule has 1 saturated heterocycles. The van der Waals surface area contributed by atoms with E-state index in [2.05, 4.69) is 90.1 Å². The fourth-order valence-corrected chi connectivity index (χ4v) is 10.1. The van der Waals surface area contributed by atoms with Crippen molar-refractivity contribution in [1.29, 1.82) is 0 Å². The minimum atomic E-state index is -1.07. The third kappa shape index (κ3) is 12.9. The second kappa shape index (κ2) is 23.3. The largest absolute Gasteiger partial charge is 0.493 e. The summed E-state index contributed by atoms with van der Waals surface area (Å²) in [6, 6.07) is 32.6. The number of ether oxygens (including phenoxy) is 7. The number of rotatable bonds is 14. The van der Waals surface area contributed by atoms with Gasteiger partial charge in [-0.3, -0.25) is 14.6 Å². The average molecular weight is 867 g/mol. The number of likely N-dealkylation sites (tertiary alicyclic amines) is 1. The molecule has 0 N–H and O–H groups in total. The highest BCUT2D eigenvalue weighted by Gasteiger charge is 2.54. The number of para-hydroxylation sites is 2. The van der Waals surface area contributed by atoms with Crippen molar-refractivity contribution in [3.05, 3.63) is 125 Å². The monoisotopic (exact) mass is 866 g/mol. The van der Waals surface area contributed by atoms with E-state index in [1.807, 2.05) is 43.3 Å². The van der Waals surface area contributed by atoms with Gasteiger partial charge in [0.05, 0.1) is 61.4 Å². The van der Waals surface area contributed by atoms with Crippen LogP contribution in [0.25, 0.3) is 5.57 Å². The standard InChI is InChI=1S/C23H27NO4.C14H16O4.C13H23NOSi/c1-3-27-22(25)19-15-24(14-17-8-5-4-6-9-17)16-23(19)12-13-28-21-18(23)10-7-11-20(21)26-2;1-3-17-13(15)9-10-7-8-18-14-11(10)5-4-6-12(14)16-2;1-15-11-14(12-16(2,3)4)10-13-8-6-5-7-9-13/h4-11,19H,3,12-16H2,1-2H3;4-6,9H,3,7-8H2,1-2H3;5-9H,10-12H2,1-4H3/b;10-9+;/t19-,23-;;/m0../s1. The Morgan fingerprint density at radius 1 is 0.790 bits per heavy atom. The van der Waals surface area contributed by atoms with E-state index in [1.54, 1.807) is 28.3 Å². The maximum Gasteiger partial charge on any atom is 0.331 e. The van der Waals surface area contributed by atoms with Crippen molar-refractivity contribution in [2.75, 3.05) is 73.7 Å². The van der Waals surface area contributed by atoms with Gasteiger partial charge in [0, 0.05) is 62.3 Å². The first-order chi connectivity index (χ1) is 29.9. The zero-order chi connectivity index (χ0) is 44.5. The Morgan fingerprint density at radius 2 is 1.42 bits per heavy atom. The molecular weight excluding hydrogens is 801 g/mol. The lowest BCUT2D eigenvalue weighted by atomic mass is 9.69. The predicted octanol–water partition coefficient (Wildman–Crippen LogP) is 8.80. The molecule has 3 aliphatic rings. The fraction of sp³-hybridized carbons (Fsp3) is 0.440. The van der Waals surface area contributed by atoms with Crippen LogP contribution in [0.1, 0.15) is 48.9 Å². The van der Waals surface area contributed by atoms with Crippen molar-refractivity contribution in [3.8, 4) is 23.0 Å². The number of carbonyl (C=O) groups is 2. The number of methoxy groups -OCH3 is 3. The fourth-order valence-electron chi connectivity index (χ4n) is 8.52. The zero-order valence-electron chi connectivity index (χ0n) is 37.9. The molecule has 1 fully saturated rings. The van der Waals surface area contributed by atoms with Crippen LogP contribution in [0.2, 0.25) is 19.6 Å². The van der Waals surface area contributed by atoms with E-state index in [1.165, 1.54) is 23.4 Å². The quantitative estimate of drug-likeness (QED) is 0.0526. The predicted molar refractivity (Wildman–Crippen MR) is 246 cm³/mol. The van der Waals surface area contributed by atoms with Crippen molar-refractivity contribution in [1.82, 2.24) is 9.80 Å². The van der Waals surface area contributed by atoms with Crippen molar-refractivity contribution in [2.24, 2.45) is 5.92 Å². The van der Waals surface area contributed by atoms with Crippen molar-refractivity contribution < 1.29 is 42.7 Å². The van der Waals surface area contributed by atoms with Crippen LogP contribution in [0.3, 0.4) is 0 Å². The summed E-state index contributed by atoms with van der Waals surface area (Å²) in [6.07, 6.45) is 4.20. The molecule has 0 aliphatic carbocycles. The van der Waals surface area contributed by atoms with Crippen LogP contribution in [0.5, 0.6) is 23.0 Å². The van der Waals surface area contributed by atoms with Gasteiger partial charge in [-0.1, -0.05) is 105 Å². The molecule has 0 unspecified atom stereocenters. The Labute approximate surface area is 369 Å². The summed E-state index contributed by atoms with van der Waals surface area (Å²) in [5, 5.41) is 0. The molecular formula is C50H66N2O9Si. The topological polar surface area (TPSA) is 105 Å². The van der Waals surface area contributed by atoms with E-state index >= 15 is 0 Å². The smallest absolute Gasteiger partial charge is 0.331 e. The van der Waals surface area contributed by atoms with E-state index in [0.29, 0.717) is 50.9 Å². The number of hydrogen-bond donors (Lipinski definition) is 0. The second-order valence-corrected chi connectivity index (χ2v) is 22.3. The minimum absolute atomic E-state index is 0.117. The Kier molecular flexibility index (Phi) is 18.0. The number of benzene rings is 4. The van der Waals surface area contributed by atoms with Gasteiger partial charge in [0.25, 0.3) is 0 Å². The average Bonchev–Trinajstić information content (AvgIpc) is 3.62. The molecule has 11 nitrogen and oxygen atoms in total. The van der Waals surface area contributed by atoms with Gasteiger partial charge >= 0.3 is 11.9 Å². The number of esters is 2. The van der Waals surface area contributed by atoms with Gasteiger partial charge in [-0.25, -0.2) is 4.79 Å². The molecule has 12 heteroatoms. The van der Waals surface area contributed by atoms with E-state index in [-0.39, 0.29) is 23.3 Å². The van der Waals surface area contributed by atoms with Crippen LogP contribution in [0.15, 0.2) is 103 Å². The highest BCUT2D eigenvalue weighted by Crippen LogP contribution is 2.51. The van der Waals surface area contributed by atoms with Crippen LogP contribution >= 0.6 is 0 Å². The number of carbonyl (C=O) groups excluding carboxylic acids is 2. The second-order valence-electron chi connectivity index (χ2n) is 16.9. The summed E-state index contributed by atoms with van der Waals surface area (Å²) in [7, 11) is 3.95. The van der Waals surface area contributed by atoms with Gasteiger partial charge < -0.3 is 33.2 Å². The van der Waals surface area contributed by atoms with Crippen molar-refractivity contribution >= 4 is 25.6 Å². The third-order valence-corrected chi connectivity index (χ3v) is 12.4. The Hall–Kier alpha value is -5.14. The first kappa shape index (κ1) is 47.9. The molecule has 1 spiro atoms. The maximum absolute atomic E-state index is 13.0. The van der Waals surface area contributed by atoms with Crippen molar-refractivity contribution in [2.45, 2.75) is 64.8 Å². The number of fused-ring (bicyclic) bond motifs is 3. The molecule has 62 heavy (non-hydrogen) atoms. The lowest BCUT2D eigenvalue weighted by Crippen LogP contribution is -2.44. The van der Waals surface area contributed by atoms with E-state index in [9.17, 15) is 9.59 Å². The van der Waals surface area contributed by atoms with Gasteiger partial charge in [-0.05, 0) is 55.3 Å². The SMILES string of the molecule is CCOC(=O)/C=C1\CCOc2c(OC)cccc21.CCOC(=O)[C@@H]1CN(Cc2ccccc2)C[C@]12CCOc1c(OC)cccc12.COCN(Cc1ccccc1)C[Si](C)(C)C. The molecule has 0 bridgehead atoms. The first-order valence-corrected chi connectivity index (χ1v) is 25.3. The molecule has 0 amide bonds. The molecule has 0 saturated carbocycles. The molecule has 3 heterocycles. The van der Waals surface area contributed by atoms with Gasteiger partial charge in [-0.2, -0.15) is 0 Å². The molecule has 4 aromatic carbocycles. The van der Waals surface area contributed by atoms with Gasteiger partial charge in [0.15, 0.2) is 23.0 Å². The normalized spacial score (nSPS) is 18.5. The minimum Gasteiger partial charge on any atom is -0.493 e. The van der Waals surface area contributed by atoms with Gasteiger partial charge in [0.2, 0.25) is 0 Å². The Balaban J connectivity index is 0.000000186. The zero-order valence-corrected chi connectivity index (χ0v) is 38.9. The lowest BCUT2D eigenvalue weighted by molar-refractivity contribution is -0.149. The number of hydrogen-bond acceptors (Lipinski definition) is 11. The van der Waals surface area contributed by atoms with Crippen LogP contribution in [-0.2, 0) is 42.3 Å². The Morgan fingerprint density at radius 3 is 2.05 bits per heavy atom. The molecule has 0 radical (unpaired) electrons. The van der Waals surface area contributed by atoms with Crippen LogP contribution in [0, 0.1) is 5.92 Å². The summed E-state index contributed by atoms with van der Waals surface area (Å²) in [6.45, 7) is 16.7. The van der Waals surface area contributed by atoms with Crippen LogP contribution in [-0.4, -0.2) is 104 Å². The first-order valence-electron chi connectivity index (χ1n) is 21.6. The number of nitrogens with zero attached hydrogens (tertiary/aromatic N) is 2. The molecule has 2 atom stereocenters. The third-order valence-electron chi connectivity index (χ3n) is 11.0. The van der Waals surface area contributed by atoms with E-state index in [0.717, 1.165) is 61.0 Å². The van der Waals surface area contributed by atoms with Crippen LogP contribution in [0.4, 0.5) is 0 Å². The van der Waals surface area contributed by atoms with Gasteiger partial charge in [-0.15, -0.1) is 0 Å². The molecule has 4 aromatic rings. The summed E-state index contributed by atoms with van der Waals surface area (Å²) < 4.78 is 38.0. The Bertz CT molecular complexity index is 2060. The lowest BCUT2D eigenvalue weighted by Gasteiger charge is -2.39. The highest BCUT2D eigenvalue weighted by atomic mass is 28.3. The molecule has 3 aliphatic heterocycles. The maximum atomic E-state index is 13.0.